The van der Waals surface area contributed by atoms with Crippen molar-refractivity contribution >= 4 is 33.4 Å². The standard InChI is InChI=1S/C27H27BrN2O5/c1-15-6-11-21(20(28)12-15)29-26(31)24-18-13-22(34-4)23(35-5)14-19(18)27(32)30(2)25(24)16-7-9-17(33-3)10-8-16/h6-14,24-25H,1-5H3,(H,29,31)/t24-,25-/m1/s1. The van der Waals surface area contributed by atoms with Crippen LogP contribution in [0.15, 0.2) is 59.1 Å². The van der Waals surface area contributed by atoms with E-state index < -0.39 is 12.0 Å². The van der Waals surface area contributed by atoms with Crippen LogP contribution in [0.1, 0.15) is 39.0 Å². The highest BCUT2D eigenvalue weighted by atomic mass is 79.9. The summed E-state index contributed by atoms with van der Waals surface area (Å²) in [7, 11) is 6.34. The molecule has 3 aromatic rings. The van der Waals surface area contributed by atoms with Gasteiger partial charge in [-0.1, -0.05) is 18.2 Å². The molecule has 0 spiro atoms. The van der Waals surface area contributed by atoms with Crippen molar-refractivity contribution in [2.45, 2.75) is 18.9 Å². The average Bonchev–Trinajstić information content (AvgIpc) is 2.86. The van der Waals surface area contributed by atoms with E-state index in [1.165, 1.54) is 14.2 Å². The number of fused-ring (bicyclic) bond motifs is 1. The Bertz CT molecular complexity index is 1280. The van der Waals surface area contributed by atoms with E-state index in [0.717, 1.165) is 15.6 Å². The van der Waals surface area contributed by atoms with Gasteiger partial charge >= 0.3 is 0 Å². The highest BCUT2D eigenvalue weighted by Crippen LogP contribution is 2.46. The SMILES string of the molecule is COc1ccc([C@@H]2[C@H](C(=O)Nc3ccc(C)cc3Br)c3cc(OC)c(OC)cc3C(=O)N2C)cc1. The van der Waals surface area contributed by atoms with E-state index in [0.29, 0.717) is 34.1 Å². The van der Waals surface area contributed by atoms with Crippen molar-refractivity contribution in [2.75, 3.05) is 33.7 Å². The van der Waals surface area contributed by atoms with Gasteiger partial charge in [0.25, 0.3) is 5.91 Å². The zero-order valence-corrected chi connectivity index (χ0v) is 21.8. The van der Waals surface area contributed by atoms with Crippen LogP contribution >= 0.6 is 15.9 Å². The van der Waals surface area contributed by atoms with Crippen LogP contribution in [-0.4, -0.2) is 45.1 Å². The van der Waals surface area contributed by atoms with Gasteiger partial charge in [0, 0.05) is 17.1 Å². The second-order valence-corrected chi connectivity index (χ2v) is 9.23. The number of methoxy groups -OCH3 is 3. The number of carbonyl (C=O) groups excluding carboxylic acids is 2. The first kappa shape index (κ1) is 24.6. The summed E-state index contributed by atoms with van der Waals surface area (Å²) in [6, 6.07) is 15.9. The van der Waals surface area contributed by atoms with Crippen molar-refractivity contribution in [3.8, 4) is 17.2 Å². The molecule has 2 amide bonds. The van der Waals surface area contributed by atoms with Crippen molar-refractivity contribution in [1.29, 1.82) is 0 Å². The zero-order chi connectivity index (χ0) is 25.3. The fourth-order valence-corrected chi connectivity index (χ4v) is 5.07. The maximum Gasteiger partial charge on any atom is 0.254 e. The minimum atomic E-state index is -0.714. The van der Waals surface area contributed by atoms with Gasteiger partial charge in [-0.15, -0.1) is 0 Å². The highest BCUT2D eigenvalue weighted by Gasteiger charge is 2.43. The summed E-state index contributed by atoms with van der Waals surface area (Å²) >= 11 is 3.54. The fraction of sp³-hybridized carbons (Fsp3) is 0.259. The lowest BCUT2D eigenvalue weighted by atomic mass is 9.79. The summed E-state index contributed by atoms with van der Waals surface area (Å²) < 4.78 is 17.0. The maximum absolute atomic E-state index is 13.9. The molecule has 4 rings (SSSR count). The van der Waals surface area contributed by atoms with Gasteiger partial charge in [-0.2, -0.15) is 0 Å². The Morgan fingerprint density at radius 3 is 2.20 bits per heavy atom. The molecule has 1 heterocycles. The van der Waals surface area contributed by atoms with Crippen LogP contribution in [0.4, 0.5) is 5.69 Å². The summed E-state index contributed by atoms with van der Waals surface area (Å²) in [5.74, 6) is 0.400. The van der Waals surface area contributed by atoms with Gasteiger partial charge in [0.05, 0.1) is 39.0 Å². The van der Waals surface area contributed by atoms with Gasteiger partial charge in [0.1, 0.15) is 5.75 Å². The van der Waals surface area contributed by atoms with Gasteiger partial charge in [0.15, 0.2) is 11.5 Å². The van der Waals surface area contributed by atoms with Crippen molar-refractivity contribution in [3.05, 3.63) is 81.3 Å². The van der Waals surface area contributed by atoms with Crippen molar-refractivity contribution in [2.24, 2.45) is 0 Å². The number of ether oxygens (including phenoxy) is 3. The number of aryl methyl sites for hydroxylation is 1. The van der Waals surface area contributed by atoms with E-state index in [2.05, 4.69) is 21.2 Å². The third-order valence-electron chi connectivity index (χ3n) is 6.30. The molecular formula is C27H27BrN2O5. The van der Waals surface area contributed by atoms with Gasteiger partial charge in [-0.05, 0) is 75.9 Å². The Kier molecular flexibility index (Phi) is 7.03. The van der Waals surface area contributed by atoms with Gasteiger partial charge in [-0.25, -0.2) is 0 Å². The first-order chi connectivity index (χ1) is 16.8. The third-order valence-corrected chi connectivity index (χ3v) is 6.95. The zero-order valence-electron chi connectivity index (χ0n) is 20.2. The van der Waals surface area contributed by atoms with E-state index in [-0.39, 0.29) is 11.8 Å². The molecule has 0 saturated carbocycles. The quantitative estimate of drug-likeness (QED) is 0.458. The molecule has 7 nitrogen and oxygen atoms in total. The molecule has 0 fully saturated rings. The van der Waals surface area contributed by atoms with Gasteiger partial charge < -0.3 is 24.4 Å². The normalized spacial score (nSPS) is 17.0. The molecule has 35 heavy (non-hydrogen) atoms. The largest absolute Gasteiger partial charge is 0.497 e. The molecule has 3 aromatic carbocycles. The lowest BCUT2D eigenvalue weighted by Gasteiger charge is -2.40. The average molecular weight is 539 g/mol. The number of benzene rings is 3. The van der Waals surface area contributed by atoms with Crippen molar-refractivity contribution in [3.63, 3.8) is 0 Å². The number of anilines is 1. The number of likely N-dealkylation sites (N-methyl/N-ethyl adjacent to an activating group) is 1. The van der Waals surface area contributed by atoms with Crippen molar-refractivity contribution < 1.29 is 23.8 Å². The second kappa shape index (κ2) is 10.00. The third kappa shape index (κ3) is 4.58. The molecule has 1 aliphatic heterocycles. The molecule has 2 atom stereocenters. The van der Waals surface area contributed by atoms with E-state index >= 15 is 0 Å². The number of carbonyl (C=O) groups is 2. The minimum Gasteiger partial charge on any atom is -0.497 e. The Hall–Kier alpha value is -3.52. The lowest BCUT2D eigenvalue weighted by molar-refractivity contribution is -0.119. The summed E-state index contributed by atoms with van der Waals surface area (Å²) in [6.45, 7) is 1.98. The highest BCUT2D eigenvalue weighted by molar-refractivity contribution is 9.10. The van der Waals surface area contributed by atoms with E-state index in [1.807, 2.05) is 49.4 Å². The molecule has 0 radical (unpaired) electrons. The molecule has 0 aliphatic carbocycles. The van der Waals surface area contributed by atoms with Crippen LogP contribution in [0.3, 0.4) is 0 Å². The van der Waals surface area contributed by atoms with Gasteiger partial charge in [-0.3, -0.25) is 9.59 Å². The Labute approximate surface area is 213 Å². The second-order valence-electron chi connectivity index (χ2n) is 8.38. The number of hydrogen-bond donors (Lipinski definition) is 1. The van der Waals surface area contributed by atoms with Crippen LogP contribution in [0.25, 0.3) is 0 Å². The summed E-state index contributed by atoms with van der Waals surface area (Å²) in [5, 5.41) is 3.05. The van der Waals surface area contributed by atoms with Crippen LogP contribution in [0.5, 0.6) is 17.2 Å². The Balaban J connectivity index is 1.87. The minimum absolute atomic E-state index is 0.206. The number of nitrogens with one attached hydrogen (secondary N) is 1. The fourth-order valence-electron chi connectivity index (χ4n) is 4.48. The first-order valence-electron chi connectivity index (χ1n) is 11.0. The molecule has 1 N–H and O–H groups in total. The monoisotopic (exact) mass is 538 g/mol. The Morgan fingerprint density at radius 1 is 0.943 bits per heavy atom. The van der Waals surface area contributed by atoms with E-state index in [9.17, 15) is 9.59 Å². The van der Waals surface area contributed by atoms with E-state index in [4.69, 9.17) is 14.2 Å². The lowest BCUT2D eigenvalue weighted by Crippen LogP contribution is -2.44. The molecule has 0 saturated heterocycles. The van der Waals surface area contributed by atoms with Gasteiger partial charge in [0.2, 0.25) is 5.91 Å². The number of nitrogens with zero attached hydrogens (tertiary/aromatic N) is 1. The molecule has 0 unspecified atom stereocenters. The number of halogens is 1. The summed E-state index contributed by atoms with van der Waals surface area (Å²) in [6.07, 6.45) is 0. The number of hydrogen-bond acceptors (Lipinski definition) is 5. The van der Waals surface area contributed by atoms with Crippen molar-refractivity contribution in [1.82, 2.24) is 4.90 Å². The predicted molar refractivity (Wildman–Crippen MR) is 138 cm³/mol. The summed E-state index contributed by atoms with van der Waals surface area (Å²) in [5.41, 5.74) is 3.50. The first-order valence-corrected chi connectivity index (χ1v) is 11.8. The molecule has 1 aliphatic rings. The number of rotatable bonds is 6. The van der Waals surface area contributed by atoms with E-state index in [1.54, 1.807) is 31.2 Å². The molecule has 8 heteroatoms. The van der Waals surface area contributed by atoms with Crippen LogP contribution in [0, 0.1) is 6.92 Å². The maximum atomic E-state index is 13.9. The molecule has 0 aromatic heterocycles. The summed E-state index contributed by atoms with van der Waals surface area (Å²) in [4.78, 5) is 29.0. The van der Waals surface area contributed by atoms with Crippen LogP contribution < -0.4 is 19.5 Å². The molecular weight excluding hydrogens is 512 g/mol. The predicted octanol–water partition coefficient (Wildman–Crippen LogP) is 5.33. The molecule has 182 valence electrons. The topological polar surface area (TPSA) is 77.1 Å². The van der Waals surface area contributed by atoms with Crippen LogP contribution in [0.2, 0.25) is 0 Å². The Morgan fingerprint density at radius 2 is 1.60 bits per heavy atom. The molecule has 0 bridgehead atoms. The number of amides is 2. The smallest absolute Gasteiger partial charge is 0.254 e. The van der Waals surface area contributed by atoms with Crippen LogP contribution in [-0.2, 0) is 4.79 Å².